The molecule has 0 unspecified atom stereocenters. The van der Waals surface area contributed by atoms with Crippen LogP contribution < -0.4 is 10.1 Å². The van der Waals surface area contributed by atoms with Crippen LogP contribution in [0.1, 0.15) is 11.3 Å². The number of ether oxygens (including phenoxy) is 1. The number of hydrogen-bond acceptors (Lipinski definition) is 5. The number of rotatable bonds is 4. The third-order valence-electron chi connectivity index (χ3n) is 3.02. The Labute approximate surface area is 132 Å². The van der Waals surface area contributed by atoms with Crippen LogP contribution in [-0.2, 0) is 11.3 Å². The van der Waals surface area contributed by atoms with Crippen molar-refractivity contribution in [1.29, 1.82) is 0 Å². The van der Waals surface area contributed by atoms with Crippen LogP contribution in [0.5, 0.6) is 5.75 Å². The molecule has 0 atom stereocenters. The van der Waals surface area contributed by atoms with Crippen LogP contribution in [-0.4, -0.2) is 18.2 Å². The summed E-state index contributed by atoms with van der Waals surface area (Å²) in [6.45, 7) is 0.408. The van der Waals surface area contributed by atoms with E-state index >= 15 is 0 Å². The van der Waals surface area contributed by atoms with Gasteiger partial charge in [-0.2, -0.15) is 0 Å². The van der Waals surface area contributed by atoms with Crippen LogP contribution in [0.3, 0.4) is 0 Å². The van der Waals surface area contributed by atoms with Gasteiger partial charge in [0.2, 0.25) is 0 Å². The molecule has 1 saturated heterocycles. The van der Waals surface area contributed by atoms with Gasteiger partial charge in [0.05, 0.1) is 24.8 Å². The van der Waals surface area contributed by atoms with Gasteiger partial charge in [-0.3, -0.25) is 9.79 Å². The summed E-state index contributed by atoms with van der Waals surface area (Å²) in [5, 5.41) is 3.33. The average molecular weight is 314 g/mol. The van der Waals surface area contributed by atoms with E-state index in [9.17, 15) is 4.79 Å². The monoisotopic (exact) mass is 314 g/mol. The number of nitrogens with one attached hydrogen (secondary N) is 1. The minimum absolute atomic E-state index is 0.140. The van der Waals surface area contributed by atoms with Gasteiger partial charge in [-0.05, 0) is 47.7 Å². The van der Waals surface area contributed by atoms with E-state index in [2.05, 4.69) is 10.3 Å². The second kappa shape index (κ2) is 6.53. The highest BCUT2D eigenvalue weighted by atomic mass is 32.2. The molecule has 0 radical (unpaired) electrons. The summed E-state index contributed by atoms with van der Waals surface area (Å²) in [6, 6.07) is 11.2. The van der Waals surface area contributed by atoms with Crippen molar-refractivity contribution in [1.82, 2.24) is 5.32 Å². The molecule has 1 aliphatic heterocycles. The lowest BCUT2D eigenvalue weighted by Gasteiger charge is -1.99. The fourth-order valence-corrected chi connectivity index (χ4v) is 2.73. The molecule has 3 rings (SSSR count). The SMILES string of the molecule is COc1ccc(/C=C2/SC(=NCc3ccco3)NC2=O)cc1. The lowest BCUT2D eigenvalue weighted by atomic mass is 10.2. The predicted octanol–water partition coefficient (Wildman–Crippen LogP) is 3.05. The van der Waals surface area contributed by atoms with Gasteiger partial charge in [-0.25, -0.2) is 0 Å². The third kappa shape index (κ3) is 3.40. The lowest BCUT2D eigenvalue weighted by molar-refractivity contribution is -0.115. The summed E-state index contributed by atoms with van der Waals surface area (Å²) >= 11 is 1.32. The maximum Gasteiger partial charge on any atom is 0.264 e. The number of amides is 1. The smallest absolute Gasteiger partial charge is 0.264 e. The summed E-state index contributed by atoms with van der Waals surface area (Å²) in [4.78, 5) is 16.9. The van der Waals surface area contributed by atoms with E-state index in [1.807, 2.05) is 42.5 Å². The van der Waals surface area contributed by atoms with Gasteiger partial charge in [-0.1, -0.05) is 12.1 Å². The van der Waals surface area contributed by atoms with E-state index in [1.165, 1.54) is 11.8 Å². The molecular weight excluding hydrogens is 300 g/mol. The minimum atomic E-state index is -0.140. The van der Waals surface area contributed by atoms with Crippen molar-refractivity contribution in [3.05, 3.63) is 58.9 Å². The highest BCUT2D eigenvalue weighted by molar-refractivity contribution is 8.18. The van der Waals surface area contributed by atoms with Crippen molar-refractivity contribution in [2.24, 2.45) is 4.99 Å². The molecule has 1 N–H and O–H groups in total. The summed E-state index contributed by atoms with van der Waals surface area (Å²) in [5.41, 5.74) is 0.936. The fourth-order valence-electron chi connectivity index (χ4n) is 1.91. The van der Waals surface area contributed by atoms with Crippen molar-refractivity contribution in [2.45, 2.75) is 6.54 Å². The Morgan fingerprint density at radius 3 is 2.82 bits per heavy atom. The van der Waals surface area contributed by atoms with Crippen molar-refractivity contribution in [2.75, 3.05) is 7.11 Å². The van der Waals surface area contributed by atoms with Crippen molar-refractivity contribution >= 4 is 28.9 Å². The standard InChI is InChI=1S/C16H14N2O3S/c1-20-12-6-4-11(5-7-12)9-14-15(19)18-16(22-14)17-10-13-3-2-8-21-13/h2-9H,10H2,1H3,(H,17,18,19)/b14-9+. The van der Waals surface area contributed by atoms with E-state index in [4.69, 9.17) is 9.15 Å². The van der Waals surface area contributed by atoms with Gasteiger partial charge >= 0.3 is 0 Å². The summed E-state index contributed by atoms with van der Waals surface area (Å²) in [5.74, 6) is 1.40. The molecule has 1 aromatic heterocycles. The topological polar surface area (TPSA) is 63.8 Å². The molecule has 1 aromatic carbocycles. The van der Waals surface area contributed by atoms with Crippen molar-refractivity contribution in [3.63, 3.8) is 0 Å². The van der Waals surface area contributed by atoms with Crippen LogP contribution >= 0.6 is 11.8 Å². The maximum absolute atomic E-state index is 11.9. The Kier molecular flexibility index (Phi) is 4.29. The quantitative estimate of drug-likeness (QED) is 0.881. The molecule has 22 heavy (non-hydrogen) atoms. The van der Waals surface area contributed by atoms with Crippen LogP contribution in [0.4, 0.5) is 0 Å². The lowest BCUT2D eigenvalue weighted by Crippen LogP contribution is -2.19. The molecule has 0 bridgehead atoms. The number of nitrogens with zero attached hydrogens (tertiary/aromatic N) is 1. The van der Waals surface area contributed by atoms with Crippen LogP contribution in [0.15, 0.2) is 57.0 Å². The fraction of sp³-hybridized carbons (Fsp3) is 0.125. The molecule has 1 fully saturated rings. The number of benzene rings is 1. The van der Waals surface area contributed by atoms with E-state index in [1.54, 1.807) is 13.4 Å². The Hall–Kier alpha value is -2.47. The van der Waals surface area contributed by atoms with Crippen LogP contribution in [0.25, 0.3) is 6.08 Å². The molecule has 112 valence electrons. The molecule has 1 amide bonds. The second-order valence-electron chi connectivity index (χ2n) is 4.54. The minimum Gasteiger partial charge on any atom is -0.497 e. The van der Waals surface area contributed by atoms with Crippen LogP contribution in [0.2, 0.25) is 0 Å². The number of aliphatic imine (C=N–C) groups is 1. The third-order valence-corrected chi connectivity index (χ3v) is 3.97. The average Bonchev–Trinajstić information content (AvgIpc) is 3.16. The van der Waals surface area contributed by atoms with E-state index in [0.29, 0.717) is 16.6 Å². The van der Waals surface area contributed by atoms with Crippen molar-refractivity contribution in [3.8, 4) is 5.75 Å². The zero-order chi connectivity index (χ0) is 15.4. The zero-order valence-corrected chi connectivity index (χ0v) is 12.7. The summed E-state index contributed by atoms with van der Waals surface area (Å²) in [7, 11) is 1.62. The highest BCUT2D eigenvalue weighted by Gasteiger charge is 2.23. The number of carbonyl (C=O) groups excluding carboxylic acids is 1. The summed E-state index contributed by atoms with van der Waals surface area (Å²) in [6.07, 6.45) is 3.43. The number of carbonyl (C=O) groups is 1. The van der Waals surface area contributed by atoms with E-state index < -0.39 is 0 Å². The molecule has 5 nitrogen and oxygen atoms in total. The van der Waals surface area contributed by atoms with E-state index in [0.717, 1.165) is 17.1 Å². The van der Waals surface area contributed by atoms with Gasteiger partial charge in [0.25, 0.3) is 5.91 Å². The first-order chi connectivity index (χ1) is 10.7. The van der Waals surface area contributed by atoms with Gasteiger partial charge in [0, 0.05) is 0 Å². The molecule has 0 saturated carbocycles. The number of furan rings is 1. The molecule has 2 heterocycles. The molecular formula is C16H14N2O3S. The first kappa shape index (κ1) is 14.5. The molecule has 1 aliphatic rings. The number of methoxy groups -OCH3 is 1. The Morgan fingerprint density at radius 1 is 1.32 bits per heavy atom. The number of hydrogen-bond donors (Lipinski definition) is 1. The Bertz CT molecular complexity index is 718. The van der Waals surface area contributed by atoms with Gasteiger partial charge in [0.1, 0.15) is 11.5 Å². The normalized spacial score (nSPS) is 18.0. The summed E-state index contributed by atoms with van der Waals surface area (Å²) < 4.78 is 10.3. The van der Waals surface area contributed by atoms with E-state index in [-0.39, 0.29) is 5.91 Å². The maximum atomic E-state index is 11.9. The number of thioether (sulfide) groups is 1. The Morgan fingerprint density at radius 2 is 2.14 bits per heavy atom. The molecule has 0 spiro atoms. The van der Waals surface area contributed by atoms with Crippen LogP contribution in [0, 0.1) is 0 Å². The molecule has 6 heteroatoms. The highest BCUT2D eigenvalue weighted by Crippen LogP contribution is 2.26. The zero-order valence-electron chi connectivity index (χ0n) is 11.9. The first-order valence-corrected chi connectivity index (χ1v) is 7.48. The molecule has 0 aliphatic carbocycles. The second-order valence-corrected chi connectivity index (χ2v) is 5.57. The van der Waals surface area contributed by atoms with Gasteiger partial charge < -0.3 is 14.5 Å². The Balaban J connectivity index is 1.70. The first-order valence-electron chi connectivity index (χ1n) is 6.66. The van der Waals surface area contributed by atoms with Crippen molar-refractivity contribution < 1.29 is 13.9 Å². The largest absolute Gasteiger partial charge is 0.497 e. The number of amidine groups is 1. The predicted molar refractivity (Wildman–Crippen MR) is 86.6 cm³/mol. The van der Waals surface area contributed by atoms with Gasteiger partial charge in [-0.15, -0.1) is 0 Å². The van der Waals surface area contributed by atoms with Gasteiger partial charge in [0.15, 0.2) is 5.17 Å². The molecule has 2 aromatic rings.